The van der Waals surface area contributed by atoms with E-state index in [9.17, 15) is 0 Å². The molecule has 0 radical (unpaired) electrons. The van der Waals surface area contributed by atoms with E-state index < -0.39 is 0 Å². The molecule has 0 bridgehead atoms. The van der Waals surface area contributed by atoms with E-state index in [-0.39, 0.29) is 0 Å². The molecule has 2 fully saturated rings. The second-order valence-corrected chi connectivity index (χ2v) is 4.06. The van der Waals surface area contributed by atoms with E-state index in [1.807, 2.05) is 0 Å². The Morgan fingerprint density at radius 3 is 2.09 bits per heavy atom. The van der Waals surface area contributed by atoms with Gasteiger partial charge in [0, 0.05) is 19.1 Å². The average Bonchev–Trinajstić information content (AvgIpc) is 1.70. The summed E-state index contributed by atoms with van der Waals surface area (Å²) < 4.78 is 0. The van der Waals surface area contributed by atoms with Crippen molar-refractivity contribution in [1.82, 2.24) is 4.90 Å². The molecule has 1 nitrogen and oxygen atoms in total. The third-order valence-corrected chi connectivity index (χ3v) is 2.98. The average molecular weight is 151 g/mol. The van der Waals surface area contributed by atoms with Crippen molar-refractivity contribution in [3.05, 3.63) is 11.1 Å². The summed E-state index contributed by atoms with van der Waals surface area (Å²) >= 11 is 0. The number of hydrogen-bond acceptors (Lipinski definition) is 1. The molecule has 1 saturated carbocycles. The summed E-state index contributed by atoms with van der Waals surface area (Å²) in [4.78, 5) is 2.53. The lowest BCUT2D eigenvalue weighted by atomic mass is 9.85. The van der Waals surface area contributed by atoms with Crippen LogP contribution in [0.3, 0.4) is 0 Å². The van der Waals surface area contributed by atoms with E-state index >= 15 is 0 Å². The first-order valence-corrected chi connectivity index (χ1v) is 4.71. The van der Waals surface area contributed by atoms with Gasteiger partial charge in [-0.15, -0.1) is 0 Å². The third-order valence-electron chi connectivity index (χ3n) is 2.98. The van der Waals surface area contributed by atoms with Crippen LogP contribution in [0.2, 0.25) is 0 Å². The number of rotatable bonds is 1. The Morgan fingerprint density at radius 1 is 1.09 bits per heavy atom. The molecule has 0 atom stereocenters. The Balaban J connectivity index is 1.87. The Morgan fingerprint density at radius 2 is 1.73 bits per heavy atom. The van der Waals surface area contributed by atoms with Crippen molar-refractivity contribution in [1.29, 1.82) is 0 Å². The molecule has 0 spiro atoms. The van der Waals surface area contributed by atoms with Crippen LogP contribution in [0, 0.1) is 0 Å². The lowest BCUT2D eigenvalue weighted by Crippen LogP contribution is -2.45. The number of nitrogens with zero attached hydrogens (tertiary/aromatic N) is 1. The highest BCUT2D eigenvalue weighted by Crippen LogP contribution is 2.33. The smallest absolute Gasteiger partial charge is 0.0214 e. The highest BCUT2D eigenvalue weighted by molar-refractivity contribution is 5.27. The van der Waals surface area contributed by atoms with Gasteiger partial charge in [-0.25, -0.2) is 0 Å². The molecule has 0 N–H and O–H groups in total. The fourth-order valence-electron chi connectivity index (χ4n) is 1.74. The summed E-state index contributed by atoms with van der Waals surface area (Å²) in [5.74, 6) is 0. The first-order valence-electron chi connectivity index (χ1n) is 4.71. The number of hydrogen-bond donors (Lipinski definition) is 0. The molecule has 0 amide bonds. The fourth-order valence-corrected chi connectivity index (χ4v) is 1.74. The quantitative estimate of drug-likeness (QED) is 0.519. The van der Waals surface area contributed by atoms with Crippen LogP contribution in [0.4, 0.5) is 0 Å². The summed E-state index contributed by atoms with van der Waals surface area (Å²) in [6.07, 6.45) is 4.25. The Kier molecular flexibility index (Phi) is 1.76. The van der Waals surface area contributed by atoms with E-state index in [4.69, 9.17) is 0 Å². The van der Waals surface area contributed by atoms with Gasteiger partial charge in [0.25, 0.3) is 0 Å². The minimum atomic E-state index is 0.749. The Labute approximate surface area is 69.1 Å². The van der Waals surface area contributed by atoms with Crippen molar-refractivity contribution in [2.75, 3.05) is 13.1 Å². The Hall–Kier alpha value is -0.300. The van der Waals surface area contributed by atoms with Gasteiger partial charge in [-0.3, -0.25) is 4.90 Å². The highest BCUT2D eigenvalue weighted by Gasteiger charge is 2.26. The van der Waals surface area contributed by atoms with Gasteiger partial charge in [0.2, 0.25) is 0 Å². The molecule has 1 aliphatic heterocycles. The van der Waals surface area contributed by atoms with Crippen molar-refractivity contribution < 1.29 is 0 Å². The predicted octanol–water partition coefficient (Wildman–Crippen LogP) is 2.19. The standard InChI is InChI=1S/C10H17N/c1-8(2)11-6-10(7-11)9-4-3-5-9/h8H,3-7H2,1-2H3. The predicted molar refractivity (Wildman–Crippen MR) is 47.6 cm³/mol. The van der Waals surface area contributed by atoms with Crippen LogP contribution in [-0.4, -0.2) is 24.0 Å². The summed E-state index contributed by atoms with van der Waals surface area (Å²) in [6.45, 7) is 7.10. The van der Waals surface area contributed by atoms with Gasteiger partial charge >= 0.3 is 0 Å². The minimum absolute atomic E-state index is 0.749. The van der Waals surface area contributed by atoms with Crippen molar-refractivity contribution in [3.63, 3.8) is 0 Å². The summed E-state index contributed by atoms with van der Waals surface area (Å²) in [5, 5.41) is 0. The van der Waals surface area contributed by atoms with E-state index in [2.05, 4.69) is 18.7 Å². The molecule has 0 aromatic carbocycles. The molecule has 1 saturated heterocycles. The van der Waals surface area contributed by atoms with E-state index in [0.29, 0.717) is 0 Å². The van der Waals surface area contributed by atoms with E-state index in [0.717, 1.165) is 6.04 Å². The van der Waals surface area contributed by atoms with Crippen LogP contribution < -0.4 is 0 Å². The molecular formula is C10H17N. The first-order chi connectivity index (χ1) is 5.27. The van der Waals surface area contributed by atoms with Gasteiger partial charge < -0.3 is 0 Å². The number of likely N-dealkylation sites (tertiary alicyclic amines) is 1. The molecule has 1 heteroatoms. The largest absolute Gasteiger partial charge is 0.293 e. The first kappa shape index (κ1) is 7.35. The molecule has 11 heavy (non-hydrogen) atoms. The third kappa shape index (κ3) is 1.22. The lowest BCUT2D eigenvalue weighted by molar-refractivity contribution is 0.194. The maximum Gasteiger partial charge on any atom is 0.0214 e. The van der Waals surface area contributed by atoms with Gasteiger partial charge in [-0.1, -0.05) is 5.57 Å². The topological polar surface area (TPSA) is 3.24 Å². The van der Waals surface area contributed by atoms with Gasteiger partial charge in [0.05, 0.1) is 0 Å². The van der Waals surface area contributed by atoms with Crippen molar-refractivity contribution in [2.45, 2.75) is 39.2 Å². The van der Waals surface area contributed by atoms with Gasteiger partial charge in [-0.2, -0.15) is 0 Å². The molecule has 0 aromatic heterocycles. The second-order valence-electron chi connectivity index (χ2n) is 4.06. The van der Waals surface area contributed by atoms with Crippen molar-refractivity contribution in [2.24, 2.45) is 0 Å². The molecular weight excluding hydrogens is 134 g/mol. The van der Waals surface area contributed by atoms with Crippen LogP contribution in [-0.2, 0) is 0 Å². The highest BCUT2D eigenvalue weighted by atomic mass is 15.2. The molecule has 62 valence electrons. The maximum absolute atomic E-state index is 2.53. The van der Waals surface area contributed by atoms with Crippen molar-refractivity contribution >= 4 is 0 Å². The van der Waals surface area contributed by atoms with Crippen LogP contribution in [0.5, 0.6) is 0 Å². The molecule has 0 unspecified atom stereocenters. The van der Waals surface area contributed by atoms with Crippen LogP contribution >= 0.6 is 0 Å². The lowest BCUT2D eigenvalue weighted by Gasteiger charge is -2.40. The van der Waals surface area contributed by atoms with Gasteiger partial charge in [0.15, 0.2) is 0 Å². The zero-order valence-corrected chi connectivity index (χ0v) is 7.56. The Bertz CT molecular complexity index is 177. The van der Waals surface area contributed by atoms with Gasteiger partial charge in [-0.05, 0) is 38.7 Å². The van der Waals surface area contributed by atoms with Gasteiger partial charge in [0.1, 0.15) is 0 Å². The second kappa shape index (κ2) is 2.63. The summed E-state index contributed by atoms with van der Waals surface area (Å²) in [5.41, 5.74) is 3.53. The summed E-state index contributed by atoms with van der Waals surface area (Å²) in [6, 6.07) is 0.749. The minimum Gasteiger partial charge on any atom is -0.293 e. The normalized spacial score (nSPS) is 25.4. The molecule has 0 aromatic rings. The van der Waals surface area contributed by atoms with Crippen LogP contribution in [0.25, 0.3) is 0 Å². The fraction of sp³-hybridized carbons (Fsp3) is 0.800. The van der Waals surface area contributed by atoms with E-state index in [1.54, 1.807) is 11.1 Å². The van der Waals surface area contributed by atoms with E-state index in [1.165, 1.54) is 32.4 Å². The van der Waals surface area contributed by atoms with Crippen molar-refractivity contribution in [3.8, 4) is 0 Å². The zero-order valence-electron chi connectivity index (χ0n) is 7.56. The summed E-state index contributed by atoms with van der Waals surface area (Å²) in [7, 11) is 0. The maximum atomic E-state index is 2.53. The number of allylic oxidation sites excluding steroid dienone is 1. The van der Waals surface area contributed by atoms with Crippen LogP contribution in [0.15, 0.2) is 11.1 Å². The monoisotopic (exact) mass is 151 g/mol. The molecule has 2 rings (SSSR count). The zero-order chi connectivity index (χ0) is 7.84. The van der Waals surface area contributed by atoms with Crippen LogP contribution in [0.1, 0.15) is 33.1 Å². The SMILES string of the molecule is CC(C)N1CC(=C2CCC2)C1. The molecule has 1 heterocycles. The molecule has 2 aliphatic rings. The molecule has 1 aliphatic carbocycles.